The van der Waals surface area contributed by atoms with Gasteiger partial charge in [0.1, 0.15) is 17.6 Å². The van der Waals surface area contributed by atoms with Gasteiger partial charge in [0.2, 0.25) is 0 Å². The summed E-state index contributed by atoms with van der Waals surface area (Å²) in [6.07, 6.45) is 1.89. The molecular weight excluding hydrogens is 381 g/mol. The van der Waals surface area contributed by atoms with E-state index in [0.29, 0.717) is 21.6 Å². The summed E-state index contributed by atoms with van der Waals surface area (Å²) in [5.74, 6) is 0.551. The molecule has 0 aliphatic rings. The molecule has 0 spiro atoms. The van der Waals surface area contributed by atoms with E-state index in [2.05, 4.69) is 26.7 Å². The van der Waals surface area contributed by atoms with Crippen LogP contribution in [0, 0.1) is 11.3 Å². The number of nitrogens with one attached hydrogen (secondary N) is 3. The second-order valence-corrected chi connectivity index (χ2v) is 6.80. The van der Waals surface area contributed by atoms with Crippen LogP contribution in [0.3, 0.4) is 0 Å². The highest BCUT2D eigenvalue weighted by atomic mass is 35.5. The van der Waals surface area contributed by atoms with E-state index in [1.54, 1.807) is 24.3 Å². The predicted octanol–water partition coefficient (Wildman–Crippen LogP) is 6.23. The molecule has 0 radical (unpaired) electrons. The number of anilines is 4. The van der Waals surface area contributed by atoms with Gasteiger partial charge < -0.3 is 15.6 Å². The lowest BCUT2D eigenvalue weighted by Gasteiger charge is -2.11. The van der Waals surface area contributed by atoms with Crippen molar-refractivity contribution < 1.29 is 0 Å². The molecule has 0 aliphatic heterocycles. The fourth-order valence-corrected chi connectivity index (χ4v) is 3.32. The maximum atomic E-state index is 9.31. The van der Waals surface area contributed by atoms with E-state index in [0.717, 1.165) is 22.3 Å². The second kappa shape index (κ2) is 7.20. The number of fused-ring (bicyclic) bond motifs is 1. The molecule has 2 heterocycles. The molecule has 4 rings (SSSR count). The minimum atomic E-state index is 0.288. The topological polar surface area (TPSA) is 76.5 Å². The van der Waals surface area contributed by atoms with Gasteiger partial charge in [-0.3, -0.25) is 0 Å². The van der Waals surface area contributed by atoms with Crippen LogP contribution in [-0.2, 0) is 0 Å². The SMILES string of the molecule is N#Cc1cc(Nc2cc(Cl)cc(Cl)c2)cc(Nc2ccc3cc[nH]c3c2)n1. The van der Waals surface area contributed by atoms with Crippen LogP contribution in [0.1, 0.15) is 5.69 Å². The number of halogens is 2. The molecule has 2 aromatic heterocycles. The monoisotopic (exact) mass is 393 g/mol. The summed E-state index contributed by atoms with van der Waals surface area (Å²) in [6.45, 7) is 0. The summed E-state index contributed by atoms with van der Waals surface area (Å²) < 4.78 is 0. The zero-order chi connectivity index (χ0) is 18.8. The van der Waals surface area contributed by atoms with E-state index in [-0.39, 0.29) is 5.69 Å². The number of H-pyrrole nitrogens is 1. The van der Waals surface area contributed by atoms with E-state index < -0.39 is 0 Å². The molecular formula is C20H13Cl2N5. The fourth-order valence-electron chi connectivity index (χ4n) is 2.79. The van der Waals surface area contributed by atoms with E-state index in [1.807, 2.05) is 36.5 Å². The van der Waals surface area contributed by atoms with Crippen molar-refractivity contribution in [2.24, 2.45) is 0 Å². The number of nitriles is 1. The molecule has 0 unspecified atom stereocenters. The lowest BCUT2D eigenvalue weighted by molar-refractivity contribution is 1.25. The van der Waals surface area contributed by atoms with Crippen molar-refractivity contribution in [1.29, 1.82) is 5.26 Å². The summed E-state index contributed by atoms with van der Waals surface area (Å²) in [7, 11) is 0. The number of pyridine rings is 1. The average molecular weight is 394 g/mol. The van der Waals surface area contributed by atoms with Gasteiger partial charge in [-0.2, -0.15) is 5.26 Å². The van der Waals surface area contributed by atoms with Crippen molar-refractivity contribution in [3.05, 3.63) is 76.5 Å². The summed E-state index contributed by atoms with van der Waals surface area (Å²) in [5, 5.41) is 17.9. The van der Waals surface area contributed by atoms with Crippen LogP contribution in [0.2, 0.25) is 10.0 Å². The van der Waals surface area contributed by atoms with Crippen molar-refractivity contribution in [3.8, 4) is 6.07 Å². The molecule has 7 heteroatoms. The quantitative estimate of drug-likeness (QED) is 0.384. The Hall–Kier alpha value is -3.20. The standard InChI is InChI=1S/C20H13Cl2N5/c21-13-5-14(22)7-16(6-13)25-17-8-18(11-23)27-20(10-17)26-15-2-1-12-3-4-24-19(12)9-15/h1-10,24H,(H2,25,26,27). The normalized spacial score (nSPS) is 10.6. The number of hydrogen-bond acceptors (Lipinski definition) is 4. The third kappa shape index (κ3) is 3.98. The number of benzene rings is 2. The molecule has 132 valence electrons. The third-order valence-electron chi connectivity index (χ3n) is 3.92. The largest absolute Gasteiger partial charge is 0.361 e. The van der Waals surface area contributed by atoms with Crippen molar-refractivity contribution in [1.82, 2.24) is 9.97 Å². The van der Waals surface area contributed by atoms with Crippen LogP contribution in [0.4, 0.5) is 22.9 Å². The number of rotatable bonds is 4. The maximum Gasteiger partial charge on any atom is 0.144 e. The molecule has 0 saturated heterocycles. The molecule has 27 heavy (non-hydrogen) atoms. The van der Waals surface area contributed by atoms with Gasteiger partial charge in [-0.25, -0.2) is 4.98 Å². The summed E-state index contributed by atoms with van der Waals surface area (Å²) in [6, 6.07) is 18.7. The van der Waals surface area contributed by atoms with Gasteiger partial charge in [-0.15, -0.1) is 0 Å². The molecule has 0 amide bonds. The van der Waals surface area contributed by atoms with Crippen LogP contribution >= 0.6 is 23.2 Å². The molecule has 0 atom stereocenters. The summed E-state index contributed by atoms with van der Waals surface area (Å²) in [4.78, 5) is 7.49. The predicted molar refractivity (Wildman–Crippen MR) is 110 cm³/mol. The third-order valence-corrected chi connectivity index (χ3v) is 4.35. The van der Waals surface area contributed by atoms with E-state index in [1.165, 1.54) is 0 Å². The molecule has 0 aliphatic carbocycles. The molecule has 2 aromatic carbocycles. The maximum absolute atomic E-state index is 9.31. The van der Waals surface area contributed by atoms with E-state index in [9.17, 15) is 5.26 Å². The molecule has 0 saturated carbocycles. The van der Waals surface area contributed by atoms with Gasteiger partial charge in [0.15, 0.2) is 0 Å². The van der Waals surface area contributed by atoms with Crippen LogP contribution in [-0.4, -0.2) is 9.97 Å². The number of hydrogen-bond donors (Lipinski definition) is 3. The molecule has 3 N–H and O–H groups in total. The zero-order valence-corrected chi connectivity index (χ0v) is 15.4. The Balaban J connectivity index is 1.64. The Kier molecular flexibility index (Phi) is 4.59. The first kappa shape index (κ1) is 17.2. The van der Waals surface area contributed by atoms with Crippen LogP contribution in [0.25, 0.3) is 10.9 Å². The Labute approximate surface area is 165 Å². The molecule has 4 aromatic rings. The van der Waals surface area contributed by atoms with Crippen LogP contribution in [0.15, 0.2) is 60.8 Å². The van der Waals surface area contributed by atoms with Crippen molar-refractivity contribution >= 4 is 57.0 Å². The van der Waals surface area contributed by atoms with Gasteiger partial charge in [0.25, 0.3) is 0 Å². The first-order chi connectivity index (χ1) is 13.1. The Morgan fingerprint density at radius 2 is 1.63 bits per heavy atom. The zero-order valence-electron chi connectivity index (χ0n) is 13.9. The van der Waals surface area contributed by atoms with Gasteiger partial charge in [-0.1, -0.05) is 29.3 Å². The lowest BCUT2D eigenvalue weighted by Crippen LogP contribution is -1.99. The molecule has 0 fully saturated rings. The molecule has 5 nitrogen and oxygen atoms in total. The van der Waals surface area contributed by atoms with Gasteiger partial charge in [-0.05, 0) is 47.9 Å². The average Bonchev–Trinajstić information content (AvgIpc) is 3.08. The Bertz CT molecular complexity index is 1160. The first-order valence-electron chi connectivity index (χ1n) is 8.08. The van der Waals surface area contributed by atoms with Gasteiger partial charge in [0, 0.05) is 44.9 Å². The minimum Gasteiger partial charge on any atom is -0.361 e. The number of nitrogens with zero attached hydrogens (tertiary/aromatic N) is 2. The van der Waals surface area contributed by atoms with Crippen LogP contribution < -0.4 is 10.6 Å². The Morgan fingerprint density at radius 1 is 0.852 bits per heavy atom. The highest BCUT2D eigenvalue weighted by molar-refractivity contribution is 6.35. The highest BCUT2D eigenvalue weighted by Gasteiger charge is 2.06. The summed E-state index contributed by atoms with van der Waals surface area (Å²) >= 11 is 12.1. The van der Waals surface area contributed by atoms with Crippen molar-refractivity contribution in [2.45, 2.75) is 0 Å². The second-order valence-electron chi connectivity index (χ2n) is 5.93. The minimum absolute atomic E-state index is 0.288. The number of aromatic nitrogens is 2. The fraction of sp³-hybridized carbons (Fsp3) is 0. The smallest absolute Gasteiger partial charge is 0.144 e. The summed E-state index contributed by atoms with van der Waals surface area (Å²) in [5.41, 5.74) is 3.59. The van der Waals surface area contributed by atoms with Gasteiger partial charge in [0.05, 0.1) is 0 Å². The van der Waals surface area contributed by atoms with Crippen LogP contribution in [0.5, 0.6) is 0 Å². The molecule has 0 bridgehead atoms. The first-order valence-corrected chi connectivity index (χ1v) is 8.84. The van der Waals surface area contributed by atoms with E-state index >= 15 is 0 Å². The van der Waals surface area contributed by atoms with Gasteiger partial charge >= 0.3 is 0 Å². The lowest BCUT2D eigenvalue weighted by atomic mass is 10.2. The van der Waals surface area contributed by atoms with Crippen molar-refractivity contribution in [3.63, 3.8) is 0 Å². The van der Waals surface area contributed by atoms with Crippen molar-refractivity contribution in [2.75, 3.05) is 10.6 Å². The number of aromatic amines is 1. The highest BCUT2D eigenvalue weighted by Crippen LogP contribution is 2.28. The van der Waals surface area contributed by atoms with E-state index in [4.69, 9.17) is 23.2 Å². The Morgan fingerprint density at radius 3 is 2.41 bits per heavy atom.